The summed E-state index contributed by atoms with van der Waals surface area (Å²) in [6, 6.07) is 0. The monoisotopic (exact) mass is 141 g/mol. The van der Waals surface area contributed by atoms with E-state index in [1.165, 1.54) is 7.69 Å². The van der Waals surface area contributed by atoms with Crippen LogP contribution in [0.15, 0.2) is 0 Å². The van der Waals surface area contributed by atoms with E-state index in [9.17, 15) is 0 Å². The molecule has 0 aromatic carbocycles. The van der Waals surface area contributed by atoms with Gasteiger partial charge in [-0.2, -0.15) is 0 Å². The normalized spacial score (nSPS) is 37.6. The molecule has 1 unspecified atom stereocenters. The molecule has 0 spiro atoms. The van der Waals surface area contributed by atoms with Crippen molar-refractivity contribution in [2.24, 2.45) is 0 Å². The second-order valence-corrected chi connectivity index (χ2v) is 3.43. The van der Waals surface area contributed by atoms with Crippen LogP contribution in [0, 0.1) is 0 Å². The van der Waals surface area contributed by atoms with Crippen molar-refractivity contribution in [3.8, 4) is 0 Å². The maximum atomic E-state index is 5.36. The summed E-state index contributed by atoms with van der Waals surface area (Å²) < 4.78 is 10.7. The van der Waals surface area contributed by atoms with Gasteiger partial charge >= 0.3 is 7.69 Å². The minimum atomic E-state index is -0.179. The Kier molecular flexibility index (Phi) is 1.81. The van der Waals surface area contributed by atoms with Crippen molar-refractivity contribution in [2.75, 3.05) is 0 Å². The minimum absolute atomic E-state index is 0.146. The quantitative estimate of drug-likeness (QED) is 0.515. The zero-order chi connectivity index (χ0) is 7.83. The van der Waals surface area contributed by atoms with Crippen molar-refractivity contribution >= 4 is 7.69 Å². The average Bonchev–Trinajstić information content (AvgIpc) is 2.10. The van der Waals surface area contributed by atoms with Gasteiger partial charge in [0.1, 0.15) is 0 Å². The fourth-order valence-corrected chi connectivity index (χ4v) is 1.03. The number of hydrogen-bond acceptors (Lipinski definition) is 2. The lowest BCUT2D eigenvalue weighted by molar-refractivity contribution is -0.0118. The molecule has 2 nitrogen and oxygen atoms in total. The first-order valence-corrected chi connectivity index (χ1v) is 3.69. The maximum absolute atomic E-state index is 5.36. The summed E-state index contributed by atoms with van der Waals surface area (Å²) in [5, 5.41) is 0. The van der Waals surface area contributed by atoms with Crippen molar-refractivity contribution in [3.05, 3.63) is 0 Å². The van der Waals surface area contributed by atoms with Gasteiger partial charge in [0.2, 0.25) is 0 Å². The summed E-state index contributed by atoms with van der Waals surface area (Å²) in [5.41, 5.74) is -0.325. The van der Waals surface area contributed by atoms with Crippen LogP contribution in [0.1, 0.15) is 34.1 Å². The molecule has 1 heterocycles. The van der Waals surface area contributed by atoms with E-state index >= 15 is 0 Å². The largest absolute Gasteiger partial charge is 0.488 e. The van der Waals surface area contributed by atoms with Gasteiger partial charge in [0.05, 0.1) is 11.2 Å². The van der Waals surface area contributed by atoms with Crippen LogP contribution in [0.2, 0.25) is 0 Å². The fourth-order valence-electron chi connectivity index (χ4n) is 1.03. The van der Waals surface area contributed by atoms with Crippen LogP contribution >= 0.6 is 0 Å². The van der Waals surface area contributed by atoms with E-state index in [-0.39, 0.29) is 11.2 Å². The van der Waals surface area contributed by atoms with E-state index in [4.69, 9.17) is 9.31 Å². The highest BCUT2D eigenvalue weighted by Gasteiger charge is 2.46. The SMILES string of the molecule is CCC1(C)O[B]OC1(C)C. The molecular formula is C7H14BO2. The Labute approximate surface area is 63.2 Å². The molecule has 0 saturated carbocycles. The van der Waals surface area contributed by atoms with Crippen LogP contribution < -0.4 is 0 Å². The van der Waals surface area contributed by atoms with Gasteiger partial charge in [0.15, 0.2) is 0 Å². The molecule has 1 aliphatic heterocycles. The summed E-state index contributed by atoms with van der Waals surface area (Å²) in [6.07, 6.45) is 0.969. The summed E-state index contributed by atoms with van der Waals surface area (Å²) in [4.78, 5) is 0. The summed E-state index contributed by atoms with van der Waals surface area (Å²) in [5.74, 6) is 0. The van der Waals surface area contributed by atoms with Crippen molar-refractivity contribution in [2.45, 2.75) is 45.3 Å². The third-order valence-electron chi connectivity index (χ3n) is 2.60. The Hall–Kier alpha value is -0.0151. The Morgan fingerprint density at radius 2 is 1.80 bits per heavy atom. The highest BCUT2D eigenvalue weighted by Crippen LogP contribution is 2.36. The van der Waals surface area contributed by atoms with Crippen molar-refractivity contribution in [3.63, 3.8) is 0 Å². The van der Waals surface area contributed by atoms with Crippen LogP contribution in [0.4, 0.5) is 0 Å². The molecular weight excluding hydrogens is 127 g/mol. The smallest absolute Gasteiger partial charge is 0.405 e. The molecule has 0 aliphatic carbocycles. The van der Waals surface area contributed by atoms with E-state index < -0.39 is 0 Å². The van der Waals surface area contributed by atoms with Crippen LogP contribution in [0.25, 0.3) is 0 Å². The van der Waals surface area contributed by atoms with Gasteiger partial charge in [-0.3, -0.25) is 0 Å². The van der Waals surface area contributed by atoms with Crippen LogP contribution in [-0.2, 0) is 9.31 Å². The summed E-state index contributed by atoms with van der Waals surface area (Å²) in [7, 11) is 1.45. The minimum Gasteiger partial charge on any atom is -0.405 e. The lowest BCUT2D eigenvalue weighted by Gasteiger charge is -2.35. The Balaban J connectivity index is 2.76. The van der Waals surface area contributed by atoms with Gasteiger partial charge in [-0.15, -0.1) is 0 Å². The zero-order valence-corrected chi connectivity index (χ0v) is 7.10. The topological polar surface area (TPSA) is 18.5 Å². The van der Waals surface area contributed by atoms with Gasteiger partial charge in [-0.25, -0.2) is 0 Å². The third-order valence-corrected chi connectivity index (χ3v) is 2.60. The average molecular weight is 141 g/mol. The second-order valence-electron chi connectivity index (χ2n) is 3.43. The highest BCUT2D eigenvalue weighted by atomic mass is 16.7. The first-order valence-electron chi connectivity index (χ1n) is 3.69. The first kappa shape index (κ1) is 8.09. The Morgan fingerprint density at radius 3 is 2.00 bits per heavy atom. The molecule has 10 heavy (non-hydrogen) atoms. The second kappa shape index (κ2) is 2.24. The summed E-state index contributed by atoms with van der Waals surface area (Å²) >= 11 is 0. The lowest BCUT2D eigenvalue weighted by atomic mass is 9.86. The van der Waals surface area contributed by atoms with Gasteiger partial charge in [-0.05, 0) is 27.2 Å². The molecule has 0 bridgehead atoms. The Morgan fingerprint density at radius 1 is 1.20 bits per heavy atom. The van der Waals surface area contributed by atoms with Crippen molar-refractivity contribution < 1.29 is 9.31 Å². The van der Waals surface area contributed by atoms with Gasteiger partial charge in [0, 0.05) is 0 Å². The van der Waals surface area contributed by atoms with E-state index in [2.05, 4.69) is 13.8 Å². The van der Waals surface area contributed by atoms with E-state index in [0.29, 0.717) is 0 Å². The maximum Gasteiger partial charge on any atom is 0.488 e. The fraction of sp³-hybridized carbons (Fsp3) is 1.00. The van der Waals surface area contributed by atoms with E-state index in [1.54, 1.807) is 0 Å². The predicted octanol–water partition coefficient (Wildman–Crippen LogP) is 1.51. The lowest BCUT2D eigenvalue weighted by Crippen LogP contribution is -2.44. The molecule has 0 aromatic heterocycles. The third kappa shape index (κ3) is 0.975. The molecule has 1 fully saturated rings. The molecule has 1 atom stereocenters. The molecule has 1 rings (SSSR count). The molecule has 0 amide bonds. The van der Waals surface area contributed by atoms with Gasteiger partial charge in [-0.1, -0.05) is 6.92 Å². The van der Waals surface area contributed by atoms with Crippen LogP contribution in [0.5, 0.6) is 0 Å². The van der Waals surface area contributed by atoms with Crippen LogP contribution in [0.3, 0.4) is 0 Å². The predicted molar refractivity (Wildman–Crippen MR) is 40.7 cm³/mol. The van der Waals surface area contributed by atoms with E-state index in [1.807, 2.05) is 13.8 Å². The molecule has 3 heteroatoms. The zero-order valence-electron chi connectivity index (χ0n) is 7.10. The molecule has 1 aliphatic rings. The summed E-state index contributed by atoms with van der Waals surface area (Å²) in [6.45, 7) is 8.25. The molecule has 57 valence electrons. The molecule has 0 aromatic rings. The Bertz CT molecular complexity index is 136. The van der Waals surface area contributed by atoms with Crippen LogP contribution in [-0.4, -0.2) is 18.9 Å². The standard InChI is InChI=1S/C7H14BO2/c1-5-7(4)6(2,3)9-8-10-7/h5H2,1-4H3. The van der Waals surface area contributed by atoms with Gasteiger partial charge < -0.3 is 9.31 Å². The molecule has 0 N–H and O–H groups in total. The first-order chi connectivity index (χ1) is 4.52. The number of hydrogen-bond donors (Lipinski definition) is 0. The highest BCUT2D eigenvalue weighted by molar-refractivity contribution is 6.19. The molecule has 1 radical (unpaired) electrons. The van der Waals surface area contributed by atoms with Crippen molar-refractivity contribution in [1.29, 1.82) is 0 Å². The number of rotatable bonds is 1. The van der Waals surface area contributed by atoms with Crippen molar-refractivity contribution in [1.82, 2.24) is 0 Å². The molecule has 1 saturated heterocycles. The van der Waals surface area contributed by atoms with Gasteiger partial charge in [0.25, 0.3) is 0 Å². The van der Waals surface area contributed by atoms with E-state index in [0.717, 1.165) is 6.42 Å².